The predicted molar refractivity (Wildman–Crippen MR) is 76.8 cm³/mol. The first-order valence-corrected chi connectivity index (χ1v) is 7.11. The lowest BCUT2D eigenvalue weighted by Crippen LogP contribution is -2.23. The van der Waals surface area contributed by atoms with Gasteiger partial charge in [0.2, 0.25) is 5.91 Å². The summed E-state index contributed by atoms with van der Waals surface area (Å²) < 4.78 is 13.3. The molecule has 1 rings (SSSR count). The van der Waals surface area contributed by atoms with Crippen molar-refractivity contribution in [2.24, 2.45) is 5.41 Å². The van der Waals surface area contributed by atoms with Crippen molar-refractivity contribution in [3.63, 3.8) is 0 Å². The second-order valence-corrected chi connectivity index (χ2v) is 6.18. The number of carbonyl (C=O) groups excluding carboxylic acids is 2. The van der Waals surface area contributed by atoms with Gasteiger partial charge in [0.15, 0.2) is 0 Å². The summed E-state index contributed by atoms with van der Waals surface area (Å²) in [5.41, 5.74) is -0.232. The van der Waals surface area contributed by atoms with Gasteiger partial charge in [-0.15, -0.1) is 11.8 Å². The Morgan fingerprint density at radius 2 is 1.84 bits per heavy atom. The molecule has 5 heteroatoms. The van der Waals surface area contributed by atoms with E-state index in [4.69, 9.17) is 0 Å². The predicted octanol–water partition coefficient (Wildman–Crippen LogP) is 3.11. The summed E-state index contributed by atoms with van der Waals surface area (Å²) in [6.45, 7) is 5.53. The Kier molecular flexibility index (Phi) is 5.54. The topological polar surface area (TPSA) is 46.2 Å². The molecule has 0 aliphatic carbocycles. The van der Waals surface area contributed by atoms with Crippen molar-refractivity contribution in [3.8, 4) is 0 Å². The van der Waals surface area contributed by atoms with Crippen molar-refractivity contribution >= 4 is 29.1 Å². The highest BCUT2D eigenvalue weighted by Gasteiger charge is 2.21. The van der Waals surface area contributed by atoms with Crippen LogP contribution in [0.15, 0.2) is 24.3 Å². The Morgan fingerprint density at radius 1 is 1.21 bits per heavy atom. The fourth-order valence-corrected chi connectivity index (χ4v) is 2.18. The second-order valence-electron chi connectivity index (χ2n) is 5.19. The third kappa shape index (κ3) is 5.42. The molecule has 0 fully saturated rings. The second kappa shape index (κ2) is 6.70. The molecule has 1 N–H and O–H groups in total. The van der Waals surface area contributed by atoms with E-state index >= 15 is 0 Å². The van der Waals surface area contributed by atoms with Crippen LogP contribution in [0.3, 0.4) is 0 Å². The molecular formula is C14H18FNO2S. The Bertz CT molecular complexity index is 469. The summed E-state index contributed by atoms with van der Waals surface area (Å²) in [6.07, 6.45) is 0. The number of para-hydroxylation sites is 1. The Balaban J connectivity index is 2.37. The zero-order valence-electron chi connectivity index (χ0n) is 11.3. The number of Topliss-reactive ketones (excluding diaryl/α,β-unsaturated/α-hetero) is 1. The minimum Gasteiger partial charge on any atom is -0.323 e. The highest BCUT2D eigenvalue weighted by atomic mass is 32.2. The lowest BCUT2D eigenvalue weighted by molar-refractivity contribution is -0.123. The molecule has 19 heavy (non-hydrogen) atoms. The number of nitrogens with one attached hydrogen (secondary N) is 1. The highest BCUT2D eigenvalue weighted by molar-refractivity contribution is 8.00. The normalized spacial score (nSPS) is 11.2. The van der Waals surface area contributed by atoms with Crippen molar-refractivity contribution in [3.05, 3.63) is 30.1 Å². The number of rotatable bonds is 5. The molecule has 0 aliphatic rings. The smallest absolute Gasteiger partial charge is 0.234 e. The van der Waals surface area contributed by atoms with Crippen molar-refractivity contribution in [1.29, 1.82) is 0 Å². The summed E-state index contributed by atoms with van der Waals surface area (Å²) in [5.74, 6) is -0.260. The van der Waals surface area contributed by atoms with Gasteiger partial charge in [0, 0.05) is 5.41 Å². The molecular weight excluding hydrogens is 265 g/mol. The number of carbonyl (C=O) groups is 2. The van der Waals surface area contributed by atoms with Crippen LogP contribution in [-0.4, -0.2) is 23.2 Å². The van der Waals surface area contributed by atoms with Crippen LogP contribution in [-0.2, 0) is 9.59 Å². The SMILES string of the molecule is CC(C)(C)C(=O)CSCC(=O)Nc1ccccc1F. The van der Waals surface area contributed by atoms with E-state index in [1.807, 2.05) is 20.8 Å². The summed E-state index contributed by atoms with van der Waals surface area (Å²) in [7, 11) is 0. The maximum Gasteiger partial charge on any atom is 0.234 e. The molecule has 0 radical (unpaired) electrons. The third-order valence-corrected chi connectivity index (χ3v) is 3.38. The van der Waals surface area contributed by atoms with Crippen LogP contribution >= 0.6 is 11.8 Å². The number of anilines is 1. The van der Waals surface area contributed by atoms with Gasteiger partial charge in [-0.25, -0.2) is 4.39 Å². The minimum absolute atomic E-state index is 0.0937. The van der Waals surface area contributed by atoms with Crippen LogP contribution in [0.2, 0.25) is 0 Å². The first-order chi connectivity index (χ1) is 8.80. The highest BCUT2D eigenvalue weighted by Crippen LogP contribution is 2.18. The maximum absolute atomic E-state index is 13.3. The van der Waals surface area contributed by atoms with Gasteiger partial charge in [0.05, 0.1) is 17.2 Å². The van der Waals surface area contributed by atoms with Gasteiger partial charge < -0.3 is 5.32 Å². The van der Waals surface area contributed by atoms with Crippen LogP contribution in [0.1, 0.15) is 20.8 Å². The van der Waals surface area contributed by atoms with Gasteiger partial charge in [-0.3, -0.25) is 9.59 Å². The number of ketones is 1. The number of halogens is 1. The Hall–Kier alpha value is -1.36. The van der Waals surface area contributed by atoms with Gasteiger partial charge in [0.1, 0.15) is 11.6 Å². The zero-order chi connectivity index (χ0) is 14.5. The average molecular weight is 283 g/mol. The van der Waals surface area contributed by atoms with Gasteiger partial charge in [-0.2, -0.15) is 0 Å². The monoisotopic (exact) mass is 283 g/mol. The molecule has 0 bridgehead atoms. The molecule has 3 nitrogen and oxygen atoms in total. The van der Waals surface area contributed by atoms with Crippen LogP contribution in [0.25, 0.3) is 0 Å². The van der Waals surface area contributed by atoms with Crippen molar-refractivity contribution in [1.82, 2.24) is 0 Å². The van der Waals surface area contributed by atoms with Crippen LogP contribution < -0.4 is 5.32 Å². The number of hydrogen-bond acceptors (Lipinski definition) is 3. The number of amides is 1. The summed E-state index contributed by atoms with van der Waals surface area (Å²) in [4.78, 5) is 23.2. The maximum atomic E-state index is 13.3. The van der Waals surface area contributed by atoms with E-state index in [1.165, 1.54) is 23.9 Å². The fourth-order valence-electron chi connectivity index (χ4n) is 1.20. The Labute approximate surface area is 117 Å². The quantitative estimate of drug-likeness (QED) is 0.903. The lowest BCUT2D eigenvalue weighted by atomic mass is 9.92. The zero-order valence-corrected chi connectivity index (χ0v) is 12.1. The van der Waals surface area contributed by atoms with E-state index < -0.39 is 11.2 Å². The van der Waals surface area contributed by atoms with E-state index in [9.17, 15) is 14.0 Å². The summed E-state index contributed by atoms with van der Waals surface area (Å²) >= 11 is 1.24. The summed E-state index contributed by atoms with van der Waals surface area (Å²) in [6, 6.07) is 5.99. The van der Waals surface area contributed by atoms with Crippen LogP contribution in [0.5, 0.6) is 0 Å². The van der Waals surface area contributed by atoms with Crippen molar-refractivity contribution in [2.75, 3.05) is 16.8 Å². The molecule has 1 amide bonds. The van der Waals surface area contributed by atoms with Gasteiger partial charge in [0.25, 0.3) is 0 Å². The molecule has 0 spiro atoms. The molecule has 0 atom stereocenters. The van der Waals surface area contributed by atoms with Crippen LogP contribution in [0.4, 0.5) is 10.1 Å². The van der Waals surface area contributed by atoms with E-state index in [-0.39, 0.29) is 28.9 Å². The van der Waals surface area contributed by atoms with Crippen LogP contribution in [0, 0.1) is 11.2 Å². The van der Waals surface area contributed by atoms with E-state index in [0.29, 0.717) is 0 Å². The van der Waals surface area contributed by atoms with E-state index in [0.717, 1.165) is 0 Å². The van der Waals surface area contributed by atoms with E-state index in [2.05, 4.69) is 5.32 Å². The molecule has 1 aromatic carbocycles. The molecule has 0 unspecified atom stereocenters. The van der Waals surface area contributed by atoms with E-state index in [1.54, 1.807) is 12.1 Å². The molecule has 1 aromatic rings. The average Bonchev–Trinajstić information content (AvgIpc) is 2.31. The standard InChI is InChI=1S/C14H18FNO2S/c1-14(2,3)12(17)8-19-9-13(18)16-11-7-5-4-6-10(11)15/h4-7H,8-9H2,1-3H3,(H,16,18). The number of thioether (sulfide) groups is 1. The Morgan fingerprint density at radius 3 is 2.42 bits per heavy atom. The lowest BCUT2D eigenvalue weighted by Gasteiger charge is -2.15. The first kappa shape index (κ1) is 15.7. The fraction of sp³-hybridized carbons (Fsp3) is 0.429. The molecule has 0 heterocycles. The molecule has 0 aliphatic heterocycles. The van der Waals surface area contributed by atoms with Gasteiger partial charge in [-0.1, -0.05) is 32.9 Å². The number of benzene rings is 1. The minimum atomic E-state index is -0.466. The summed E-state index contributed by atoms with van der Waals surface area (Å²) in [5, 5.41) is 2.48. The molecule has 0 saturated heterocycles. The largest absolute Gasteiger partial charge is 0.323 e. The van der Waals surface area contributed by atoms with Crippen molar-refractivity contribution in [2.45, 2.75) is 20.8 Å². The molecule has 104 valence electrons. The van der Waals surface area contributed by atoms with Crippen molar-refractivity contribution < 1.29 is 14.0 Å². The van der Waals surface area contributed by atoms with Gasteiger partial charge >= 0.3 is 0 Å². The molecule has 0 aromatic heterocycles. The number of hydrogen-bond donors (Lipinski definition) is 1. The first-order valence-electron chi connectivity index (χ1n) is 5.96. The third-order valence-electron chi connectivity index (χ3n) is 2.45. The van der Waals surface area contributed by atoms with Gasteiger partial charge in [-0.05, 0) is 12.1 Å². The molecule has 0 saturated carbocycles.